The van der Waals surface area contributed by atoms with Crippen molar-refractivity contribution in [3.8, 4) is 11.5 Å². The molecular weight excluding hydrogens is 556 g/mol. The molecule has 4 atom stereocenters. The second-order valence-corrected chi connectivity index (χ2v) is 10.3. The summed E-state index contributed by atoms with van der Waals surface area (Å²) in [4.78, 5) is 0. The summed E-state index contributed by atoms with van der Waals surface area (Å²) in [5.74, 6) is 0.692. The van der Waals surface area contributed by atoms with Crippen molar-refractivity contribution in [2.45, 2.75) is 75.2 Å². The van der Waals surface area contributed by atoms with Gasteiger partial charge in [0, 0.05) is 37.4 Å². The number of halogens is 5. The Morgan fingerprint density at radius 3 is 2.49 bits per heavy atom. The van der Waals surface area contributed by atoms with E-state index in [1.165, 1.54) is 17.7 Å². The average Bonchev–Trinajstić information content (AvgIpc) is 3.65. The van der Waals surface area contributed by atoms with Crippen LogP contribution in [0, 0.1) is 5.92 Å². The highest BCUT2D eigenvalue weighted by Gasteiger charge is 2.53. The quantitative estimate of drug-likeness (QED) is 0.283. The van der Waals surface area contributed by atoms with E-state index in [1.807, 2.05) is 18.2 Å². The Balaban J connectivity index is 0.00000210. The Bertz CT molecular complexity index is 1050. The standard InChI is InChI=1S/C28H35F3N2O4.2ClH/c29-28(30,31)37-23-9-11-25(36-22-7-8-22)19(15-23)17-32-26-12-10-24-20(18-35-14-4-13-34)16-27(26,33-24)21-5-2-1-3-6-21;;/h1-3,5-6,9,11,15,20,22,24,26,32-34H,4,7-8,10,12-14,16-18H2;2*1H/t20-,24-,26+,27+;;/m0../s1. The topological polar surface area (TPSA) is 72.0 Å². The molecule has 2 aromatic carbocycles. The molecule has 1 aliphatic carbocycles. The molecule has 2 bridgehead atoms. The van der Waals surface area contributed by atoms with E-state index in [0.717, 1.165) is 32.1 Å². The van der Waals surface area contributed by atoms with Crippen LogP contribution >= 0.6 is 24.8 Å². The summed E-state index contributed by atoms with van der Waals surface area (Å²) >= 11 is 0. The molecule has 0 spiro atoms. The van der Waals surface area contributed by atoms with Crippen molar-refractivity contribution < 1.29 is 32.5 Å². The maximum Gasteiger partial charge on any atom is 0.573 e. The largest absolute Gasteiger partial charge is 0.573 e. The van der Waals surface area contributed by atoms with Gasteiger partial charge < -0.3 is 30.0 Å². The van der Waals surface area contributed by atoms with E-state index in [-0.39, 0.29) is 54.9 Å². The molecule has 3 N–H and O–H groups in total. The summed E-state index contributed by atoms with van der Waals surface area (Å²) in [6.07, 6.45) is 0.715. The Morgan fingerprint density at radius 2 is 1.79 bits per heavy atom. The van der Waals surface area contributed by atoms with Gasteiger partial charge in [-0.15, -0.1) is 38.0 Å². The van der Waals surface area contributed by atoms with E-state index >= 15 is 0 Å². The van der Waals surface area contributed by atoms with Gasteiger partial charge in [-0.1, -0.05) is 30.3 Å². The van der Waals surface area contributed by atoms with Gasteiger partial charge in [0.05, 0.1) is 18.2 Å². The molecule has 3 fully saturated rings. The van der Waals surface area contributed by atoms with Crippen LogP contribution in [0.2, 0.25) is 0 Å². The van der Waals surface area contributed by atoms with Gasteiger partial charge in [-0.05, 0) is 68.2 Å². The van der Waals surface area contributed by atoms with E-state index in [2.05, 4.69) is 27.5 Å². The number of nitrogens with one attached hydrogen (secondary N) is 2. The summed E-state index contributed by atoms with van der Waals surface area (Å²) in [5.41, 5.74) is 1.53. The molecule has 2 saturated heterocycles. The van der Waals surface area contributed by atoms with E-state index < -0.39 is 6.36 Å². The molecular formula is C28H37Cl2F3N2O4. The Labute approximate surface area is 239 Å². The molecule has 2 aliphatic heterocycles. The lowest BCUT2D eigenvalue weighted by Crippen LogP contribution is -2.58. The molecule has 1 saturated carbocycles. The number of benzene rings is 2. The van der Waals surface area contributed by atoms with Gasteiger partial charge in [-0.25, -0.2) is 0 Å². The van der Waals surface area contributed by atoms with Gasteiger partial charge >= 0.3 is 6.36 Å². The van der Waals surface area contributed by atoms with E-state index in [4.69, 9.17) is 14.6 Å². The predicted molar refractivity (Wildman–Crippen MR) is 147 cm³/mol. The minimum atomic E-state index is -4.75. The zero-order valence-corrected chi connectivity index (χ0v) is 23.3. The number of alkyl halides is 3. The first-order valence-corrected chi connectivity index (χ1v) is 13.2. The summed E-state index contributed by atoms with van der Waals surface area (Å²) in [6.45, 7) is 1.66. The molecule has 3 aliphatic rings. The zero-order valence-electron chi connectivity index (χ0n) is 21.6. The lowest BCUT2D eigenvalue weighted by atomic mass is 9.78. The predicted octanol–water partition coefficient (Wildman–Crippen LogP) is 5.49. The van der Waals surface area contributed by atoms with Crippen LogP contribution in [0.4, 0.5) is 13.2 Å². The van der Waals surface area contributed by atoms with Gasteiger partial charge in [0.2, 0.25) is 0 Å². The van der Waals surface area contributed by atoms with Crippen molar-refractivity contribution in [3.05, 3.63) is 59.7 Å². The van der Waals surface area contributed by atoms with Crippen LogP contribution in [0.1, 0.15) is 49.7 Å². The molecule has 0 amide bonds. The van der Waals surface area contributed by atoms with Crippen molar-refractivity contribution in [2.75, 3.05) is 19.8 Å². The van der Waals surface area contributed by atoms with Crippen LogP contribution < -0.4 is 20.1 Å². The third kappa shape index (κ3) is 7.93. The molecule has 11 heteroatoms. The smallest absolute Gasteiger partial charge is 0.490 e. The number of aliphatic hydroxyl groups is 1. The normalized spacial score (nSPS) is 25.9. The highest BCUT2D eigenvalue weighted by molar-refractivity contribution is 5.85. The van der Waals surface area contributed by atoms with Crippen molar-refractivity contribution in [2.24, 2.45) is 5.92 Å². The second-order valence-electron chi connectivity index (χ2n) is 10.3. The van der Waals surface area contributed by atoms with Gasteiger partial charge in [-0.2, -0.15) is 0 Å². The van der Waals surface area contributed by atoms with Crippen LogP contribution in [0.5, 0.6) is 11.5 Å². The summed E-state index contributed by atoms with van der Waals surface area (Å²) in [7, 11) is 0. The molecule has 0 radical (unpaired) electrons. The second kappa shape index (κ2) is 13.7. The minimum absolute atomic E-state index is 0. The van der Waals surface area contributed by atoms with E-state index in [1.54, 1.807) is 6.07 Å². The summed E-state index contributed by atoms with van der Waals surface area (Å²) in [6, 6.07) is 15.1. The average molecular weight is 594 g/mol. The van der Waals surface area contributed by atoms with Crippen molar-refractivity contribution in [1.29, 1.82) is 0 Å². The van der Waals surface area contributed by atoms with Crippen molar-refractivity contribution in [1.82, 2.24) is 10.6 Å². The SMILES string of the molecule is Cl.Cl.OCCCOC[C@@H]1C[C@]2(c3ccccc3)N[C@H]1CC[C@H]2NCc1cc(OC(F)(F)F)ccc1OC1CC1. The van der Waals surface area contributed by atoms with Gasteiger partial charge in [0.15, 0.2) is 0 Å². The highest BCUT2D eigenvalue weighted by atomic mass is 35.5. The number of aliphatic hydroxyl groups excluding tert-OH is 1. The van der Waals surface area contributed by atoms with Gasteiger partial charge in [-0.3, -0.25) is 0 Å². The molecule has 0 aromatic heterocycles. The van der Waals surface area contributed by atoms with Gasteiger partial charge in [0.25, 0.3) is 0 Å². The maximum atomic E-state index is 12.9. The summed E-state index contributed by atoms with van der Waals surface area (Å²) in [5, 5.41) is 16.6. The fraction of sp³-hybridized carbons (Fsp3) is 0.571. The first-order chi connectivity index (χ1) is 17.9. The molecule has 5 rings (SSSR count). The van der Waals surface area contributed by atoms with Gasteiger partial charge in [0.1, 0.15) is 11.5 Å². The lowest BCUT2D eigenvalue weighted by molar-refractivity contribution is -0.274. The third-order valence-corrected chi connectivity index (χ3v) is 7.65. The minimum Gasteiger partial charge on any atom is -0.490 e. The zero-order chi connectivity index (χ0) is 25.9. The Kier molecular flexibility index (Phi) is 11.2. The third-order valence-electron chi connectivity index (χ3n) is 7.65. The molecule has 218 valence electrons. The number of rotatable bonds is 12. The number of hydrogen-bond donors (Lipinski definition) is 3. The van der Waals surface area contributed by atoms with Crippen LogP contribution in [-0.4, -0.2) is 49.5 Å². The molecule has 6 nitrogen and oxygen atoms in total. The fourth-order valence-electron chi connectivity index (χ4n) is 5.80. The first kappa shape index (κ1) is 31.8. The number of fused-ring (bicyclic) bond motifs is 2. The van der Waals surface area contributed by atoms with Crippen LogP contribution in [-0.2, 0) is 16.8 Å². The number of hydrogen-bond acceptors (Lipinski definition) is 6. The van der Waals surface area contributed by atoms with Crippen molar-refractivity contribution >= 4 is 24.8 Å². The lowest BCUT2D eigenvalue weighted by Gasteiger charge is -2.43. The fourth-order valence-corrected chi connectivity index (χ4v) is 5.80. The molecule has 2 heterocycles. The van der Waals surface area contributed by atoms with Crippen LogP contribution in [0.3, 0.4) is 0 Å². The Hall–Kier alpha value is -1.75. The van der Waals surface area contributed by atoms with E-state index in [0.29, 0.717) is 49.5 Å². The van der Waals surface area contributed by atoms with Crippen LogP contribution in [0.15, 0.2) is 48.5 Å². The number of ether oxygens (including phenoxy) is 3. The van der Waals surface area contributed by atoms with Crippen molar-refractivity contribution in [3.63, 3.8) is 0 Å². The Morgan fingerprint density at radius 1 is 1.03 bits per heavy atom. The summed E-state index contributed by atoms with van der Waals surface area (Å²) < 4.78 is 54.7. The highest BCUT2D eigenvalue weighted by Crippen LogP contribution is 2.46. The number of piperidine rings is 1. The van der Waals surface area contributed by atoms with Crippen LogP contribution in [0.25, 0.3) is 0 Å². The molecule has 0 unspecified atom stereocenters. The monoisotopic (exact) mass is 592 g/mol. The molecule has 39 heavy (non-hydrogen) atoms. The van der Waals surface area contributed by atoms with E-state index in [9.17, 15) is 13.2 Å². The maximum absolute atomic E-state index is 12.9. The first-order valence-electron chi connectivity index (χ1n) is 13.2. The molecule has 2 aromatic rings.